The molecular formula is C25H24NOS+. The molecule has 1 saturated carbocycles. The van der Waals surface area contributed by atoms with Crippen molar-refractivity contribution in [3.8, 4) is 22.8 Å². The lowest BCUT2D eigenvalue weighted by Gasteiger charge is -2.24. The smallest absolute Gasteiger partial charge is 0.257 e. The summed E-state index contributed by atoms with van der Waals surface area (Å²) in [5.74, 6) is 2.89. The second kappa shape index (κ2) is 6.05. The standard InChI is InChI=1S/C25H24NOS/c1-15-10-11-17-8-5-9-20-22(17)21(15)23-24(27-20)18(14-16-6-3-4-7-16)25-19(26(23)2)12-13-28-25/h5,8-13,16H,3-4,6-7,14H2,1-2H3/q+1. The van der Waals surface area contributed by atoms with E-state index in [0.717, 1.165) is 23.8 Å². The van der Waals surface area contributed by atoms with Crippen molar-refractivity contribution in [2.75, 3.05) is 0 Å². The monoisotopic (exact) mass is 386 g/mol. The molecule has 3 heteroatoms. The summed E-state index contributed by atoms with van der Waals surface area (Å²) in [6, 6.07) is 13.2. The van der Waals surface area contributed by atoms with Gasteiger partial charge in [0.2, 0.25) is 11.3 Å². The van der Waals surface area contributed by atoms with Crippen LogP contribution in [0.15, 0.2) is 41.8 Å². The number of hydrogen-bond donors (Lipinski definition) is 0. The van der Waals surface area contributed by atoms with Crippen molar-refractivity contribution < 1.29 is 9.30 Å². The van der Waals surface area contributed by atoms with Crippen LogP contribution in [0.1, 0.15) is 36.8 Å². The molecule has 0 atom stereocenters. The van der Waals surface area contributed by atoms with Crippen LogP contribution in [0.2, 0.25) is 0 Å². The molecule has 2 aliphatic rings. The molecule has 2 nitrogen and oxygen atoms in total. The first kappa shape index (κ1) is 16.6. The lowest BCUT2D eigenvalue weighted by atomic mass is 9.90. The SMILES string of the molecule is Cc1ccc2cccc3c2c1-c1c(c(CC2CCCC2)c2sccc2[n+]1C)O3. The van der Waals surface area contributed by atoms with E-state index in [4.69, 9.17) is 4.74 Å². The van der Waals surface area contributed by atoms with Gasteiger partial charge in [0.1, 0.15) is 17.5 Å². The Morgan fingerprint density at radius 2 is 1.96 bits per heavy atom. The molecule has 1 aliphatic carbocycles. The molecule has 2 aromatic carbocycles. The quantitative estimate of drug-likeness (QED) is 0.308. The Morgan fingerprint density at radius 1 is 1.11 bits per heavy atom. The van der Waals surface area contributed by atoms with E-state index in [1.54, 1.807) is 0 Å². The van der Waals surface area contributed by atoms with Crippen LogP contribution < -0.4 is 9.30 Å². The van der Waals surface area contributed by atoms with E-state index in [9.17, 15) is 0 Å². The minimum atomic E-state index is 0.791. The first-order chi connectivity index (χ1) is 13.7. The molecule has 0 unspecified atom stereocenters. The maximum absolute atomic E-state index is 6.69. The number of nitrogens with zero attached hydrogens (tertiary/aromatic N) is 1. The van der Waals surface area contributed by atoms with Crippen molar-refractivity contribution in [3.63, 3.8) is 0 Å². The maximum Gasteiger partial charge on any atom is 0.257 e. The van der Waals surface area contributed by atoms with Gasteiger partial charge in [-0.15, -0.1) is 11.3 Å². The van der Waals surface area contributed by atoms with E-state index in [-0.39, 0.29) is 0 Å². The van der Waals surface area contributed by atoms with Gasteiger partial charge in [0.15, 0.2) is 0 Å². The Hall–Kier alpha value is -2.39. The molecular weight excluding hydrogens is 362 g/mol. The number of hydrogen-bond acceptors (Lipinski definition) is 2. The Balaban J connectivity index is 1.72. The van der Waals surface area contributed by atoms with E-state index < -0.39 is 0 Å². The van der Waals surface area contributed by atoms with Crippen LogP contribution in [0, 0.1) is 12.8 Å². The van der Waals surface area contributed by atoms with Gasteiger partial charge < -0.3 is 4.74 Å². The minimum Gasteiger partial charge on any atom is -0.449 e. The van der Waals surface area contributed by atoms with Crippen molar-refractivity contribution in [2.45, 2.75) is 39.0 Å². The lowest BCUT2D eigenvalue weighted by Crippen LogP contribution is -2.34. The first-order valence-corrected chi connectivity index (χ1v) is 11.2. The zero-order chi connectivity index (χ0) is 18.8. The van der Waals surface area contributed by atoms with Crippen LogP contribution in [0.4, 0.5) is 0 Å². The van der Waals surface area contributed by atoms with Crippen LogP contribution >= 0.6 is 11.3 Å². The van der Waals surface area contributed by atoms with E-state index in [1.807, 2.05) is 11.3 Å². The second-order valence-corrected chi connectivity index (χ2v) is 9.33. The van der Waals surface area contributed by atoms with E-state index in [2.05, 4.69) is 60.3 Å². The van der Waals surface area contributed by atoms with Crippen LogP contribution in [-0.2, 0) is 13.5 Å². The van der Waals surface area contributed by atoms with Crippen molar-refractivity contribution in [2.24, 2.45) is 13.0 Å². The summed E-state index contributed by atoms with van der Waals surface area (Å²) in [6.07, 6.45) is 6.60. The molecule has 1 fully saturated rings. The van der Waals surface area contributed by atoms with Gasteiger partial charge in [-0.1, -0.05) is 49.9 Å². The summed E-state index contributed by atoms with van der Waals surface area (Å²) < 4.78 is 10.4. The fourth-order valence-electron chi connectivity index (χ4n) is 5.34. The molecule has 6 rings (SSSR count). The molecule has 0 saturated heterocycles. The van der Waals surface area contributed by atoms with Gasteiger partial charge in [0, 0.05) is 17.0 Å². The Bertz CT molecular complexity index is 1250. The molecule has 0 bridgehead atoms. The summed E-state index contributed by atoms with van der Waals surface area (Å²) in [5, 5.41) is 4.74. The summed E-state index contributed by atoms with van der Waals surface area (Å²) in [4.78, 5) is 0. The topological polar surface area (TPSA) is 13.1 Å². The predicted octanol–water partition coefficient (Wildman–Crippen LogP) is 6.69. The number of rotatable bonds is 2. The van der Waals surface area contributed by atoms with Gasteiger partial charge in [0.25, 0.3) is 5.69 Å². The molecule has 4 aromatic rings. The highest BCUT2D eigenvalue weighted by Crippen LogP contribution is 2.50. The van der Waals surface area contributed by atoms with Gasteiger partial charge in [-0.25, -0.2) is 0 Å². The third-order valence-corrected chi connectivity index (χ3v) is 7.70. The normalized spacial score (nSPS) is 15.9. The number of thiophene rings is 1. The maximum atomic E-state index is 6.69. The summed E-state index contributed by atoms with van der Waals surface area (Å²) in [6.45, 7) is 2.23. The van der Waals surface area contributed by atoms with E-state index >= 15 is 0 Å². The van der Waals surface area contributed by atoms with Crippen LogP contribution in [0.5, 0.6) is 11.5 Å². The van der Waals surface area contributed by atoms with Gasteiger partial charge in [0.05, 0.1) is 5.56 Å². The third kappa shape index (κ3) is 2.23. The Kier molecular flexibility index (Phi) is 3.58. The first-order valence-electron chi connectivity index (χ1n) is 10.3. The molecule has 1 aliphatic heterocycles. The highest BCUT2D eigenvalue weighted by atomic mass is 32.1. The zero-order valence-corrected chi connectivity index (χ0v) is 17.2. The van der Waals surface area contributed by atoms with Crippen molar-refractivity contribution >= 4 is 32.3 Å². The second-order valence-electron chi connectivity index (χ2n) is 8.42. The zero-order valence-electron chi connectivity index (χ0n) is 16.4. The molecule has 140 valence electrons. The predicted molar refractivity (Wildman–Crippen MR) is 116 cm³/mol. The largest absolute Gasteiger partial charge is 0.449 e. The molecule has 2 aromatic heterocycles. The van der Waals surface area contributed by atoms with Crippen LogP contribution in [-0.4, -0.2) is 0 Å². The Labute approximate surface area is 169 Å². The molecule has 0 N–H and O–H groups in total. The van der Waals surface area contributed by atoms with Crippen LogP contribution in [0.25, 0.3) is 32.2 Å². The number of aryl methyl sites for hydroxylation is 2. The molecule has 0 amide bonds. The summed E-state index contributed by atoms with van der Waals surface area (Å²) >= 11 is 1.86. The number of aromatic nitrogens is 1. The number of fused-ring (bicyclic) bond motifs is 3. The fourth-order valence-corrected chi connectivity index (χ4v) is 6.32. The molecule has 3 heterocycles. The van der Waals surface area contributed by atoms with Gasteiger partial charge in [-0.3, -0.25) is 0 Å². The van der Waals surface area contributed by atoms with E-state index in [0.29, 0.717) is 0 Å². The van der Waals surface area contributed by atoms with Gasteiger partial charge in [-0.05, 0) is 41.7 Å². The fraction of sp³-hybridized carbons (Fsp3) is 0.320. The van der Waals surface area contributed by atoms with E-state index in [1.165, 1.54) is 69.1 Å². The third-order valence-electron chi connectivity index (χ3n) is 6.74. The minimum absolute atomic E-state index is 0.791. The number of ether oxygens (including phenoxy) is 1. The highest BCUT2D eigenvalue weighted by molar-refractivity contribution is 7.17. The molecule has 0 radical (unpaired) electrons. The summed E-state index contributed by atoms with van der Waals surface area (Å²) in [7, 11) is 2.20. The van der Waals surface area contributed by atoms with Crippen LogP contribution in [0.3, 0.4) is 0 Å². The lowest BCUT2D eigenvalue weighted by molar-refractivity contribution is -0.633. The number of benzene rings is 2. The highest BCUT2D eigenvalue weighted by Gasteiger charge is 2.35. The van der Waals surface area contributed by atoms with Gasteiger partial charge >= 0.3 is 0 Å². The number of pyridine rings is 1. The molecule has 0 spiro atoms. The average Bonchev–Trinajstić information content (AvgIpc) is 3.39. The van der Waals surface area contributed by atoms with Crippen molar-refractivity contribution in [1.82, 2.24) is 0 Å². The van der Waals surface area contributed by atoms with Crippen molar-refractivity contribution in [3.05, 3.63) is 52.9 Å². The molecule has 28 heavy (non-hydrogen) atoms. The van der Waals surface area contributed by atoms with Gasteiger partial charge in [-0.2, -0.15) is 4.57 Å². The van der Waals surface area contributed by atoms with Crippen molar-refractivity contribution in [1.29, 1.82) is 0 Å². The summed E-state index contributed by atoms with van der Waals surface area (Å²) in [5.41, 5.74) is 6.67. The average molecular weight is 387 g/mol. The Morgan fingerprint density at radius 3 is 2.82 bits per heavy atom.